The minimum Gasteiger partial charge on any atom is -0.311 e. The first kappa shape index (κ1) is 11.7. The second-order valence-electron chi connectivity index (χ2n) is 5.01. The molecule has 0 radical (unpaired) electrons. The quantitative estimate of drug-likeness (QED) is 0.901. The number of para-hydroxylation sites is 1. The van der Waals surface area contributed by atoms with Crippen LogP contribution in [-0.2, 0) is 13.5 Å². The first-order valence-electron chi connectivity index (χ1n) is 6.54. The first-order chi connectivity index (χ1) is 8.75. The molecular weight excluding hydrogens is 229 g/mol. The van der Waals surface area contributed by atoms with Crippen LogP contribution in [0.4, 0.5) is 4.39 Å². The van der Waals surface area contributed by atoms with E-state index in [1.807, 2.05) is 36.0 Å². The van der Waals surface area contributed by atoms with Gasteiger partial charge >= 0.3 is 0 Å². The average Bonchev–Trinajstić information content (AvgIpc) is 3.00. The predicted octanol–water partition coefficient (Wildman–Crippen LogP) is 2.21. The van der Waals surface area contributed by atoms with Gasteiger partial charge in [0, 0.05) is 24.9 Å². The van der Waals surface area contributed by atoms with E-state index < -0.39 is 6.17 Å². The Morgan fingerprint density at radius 2 is 2.33 bits per heavy atom. The SMILES string of the molecule is Cn1nc(CC(F)C2CCCN2)c2ccccc21. The number of aryl methyl sites for hydroxylation is 1. The van der Waals surface area contributed by atoms with Crippen LogP contribution in [0.5, 0.6) is 0 Å². The number of nitrogens with zero attached hydrogens (tertiary/aromatic N) is 2. The van der Waals surface area contributed by atoms with E-state index in [1.54, 1.807) is 0 Å². The van der Waals surface area contributed by atoms with Gasteiger partial charge in [0.05, 0.1) is 11.2 Å². The van der Waals surface area contributed by atoms with Crippen molar-refractivity contribution in [2.45, 2.75) is 31.5 Å². The standard InChI is InChI=1S/C14H18FN3/c1-18-14-7-3-2-5-10(14)13(17-18)9-11(15)12-6-4-8-16-12/h2-3,5,7,11-12,16H,4,6,8-9H2,1H3. The van der Waals surface area contributed by atoms with E-state index in [1.165, 1.54) is 0 Å². The van der Waals surface area contributed by atoms with Crippen molar-refractivity contribution < 1.29 is 4.39 Å². The van der Waals surface area contributed by atoms with Crippen LogP contribution in [0.1, 0.15) is 18.5 Å². The van der Waals surface area contributed by atoms with E-state index in [0.717, 1.165) is 36.0 Å². The molecule has 1 fully saturated rings. The van der Waals surface area contributed by atoms with Gasteiger partial charge in [-0.15, -0.1) is 0 Å². The molecule has 18 heavy (non-hydrogen) atoms. The molecule has 1 N–H and O–H groups in total. The third kappa shape index (κ3) is 2.01. The van der Waals surface area contributed by atoms with E-state index in [-0.39, 0.29) is 6.04 Å². The Kier molecular flexibility index (Phi) is 3.04. The molecule has 96 valence electrons. The zero-order valence-electron chi connectivity index (χ0n) is 10.6. The number of hydrogen-bond acceptors (Lipinski definition) is 2. The number of rotatable bonds is 3. The van der Waals surface area contributed by atoms with Crippen molar-refractivity contribution in [3.63, 3.8) is 0 Å². The summed E-state index contributed by atoms with van der Waals surface area (Å²) < 4.78 is 16.1. The van der Waals surface area contributed by atoms with Crippen molar-refractivity contribution in [2.75, 3.05) is 6.54 Å². The summed E-state index contributed by atoms with van der Waals surface area (Å²) in [5, 5.41) is 8.74. The van der Waals surface area contributed by atoms with Crippen LogP contribution in [0.25, 0.3) is 10.9 Å². The fourth-order valence-corrected chi connectivity index (χ4v) is 2.79. The third-order valence-electron chi connectivity index (χ3n) is 3.76. The molecule has 0 spiro atoms. The van der Waals surface area contributed by atoms with Crippen molar-refractivity contribution in [2.24, 2.45) is 7.05 Å². The van der Waals surface area contributed by atoms with Crippen molar-refractivity contribution in [1.82, 2.24) is 15.1 Å². The number of alkyl halides is 1. The third-order valence-corrected chi connectivity index (χ3v) is 3.76. The molecule has 4 heteroatoms. The topological polar surface area (TPSA) is 29.9 Å². The molecule has 1 aromatic carbocycles. The fourth-order valence-electron chi connectivity index (χ4n) is 2.79. The molecule has 2 aromatic rings. The molecule has 2 atom stereocenters. The maximum Gasteiger partial charge on any atom is 0.121 e. The number of fused-ring (bicyclic) bond motifs is 1. The zero-order chi connectivity index (χ0) is 12.5. The second kappa shape index (κ2) is 4.69. The maximum absolute atomic E-state index is 14.2. The van der Waals surface area contributed by atoms with E-state index in [9.17, 15) is 4.39 Å². The number of nitrogens with one attached hydrogen (secondary N) is 1. The van der Waals surface area contributed by atoms with Crippen molar-refractivity contribution in [1.29, 1.82) is 0 Å². The number of benzene rings is 1. The minimum atomic E-state index is -0.842. The molecular formula is C14H18FN3. The van der Waals surface area contributed by atoms with Gasteiger partial charge in [0.2, 0.25) is 0 Å². The Labute approximate surface area is 106 Å². The summed E-state index contributed by atoms with van der Waals surface area (Å²) in [4.78, 5) is 0. The summed E-state index contributed by atoms with van der Waals surface area (Å²) >= 11 is 0. The van der Waals surface area contributed by atoms with Crippen LogP contribution in [0.2, 0.25) is 0 Å². The molecule has 2 unspecified atom stereocenters. The predicted molar refractivity (Wildman–Crippen MR) is 70.3 cm³/mol. The summed E-state index contributed by atoms with van der Waals surface area (Å²) in [6.45, 7) is 0.939. The summed E-state index contributed by atoms with van der Waals surface area (Å²) in [6, 6.07) is 8.01. The van der Waals surface area contributed by atoms with Gasteiger partial charge in [0.15, 0.2) is 0 Å². The molecule has 1 aromatic heterocycles. The molecule has 3 rings (SSSR count). The van der Waals surface area contributed by atoms with Gasteiger partial charge in [-0.05, 0) is 25.5 Å². The lowest BCUT2D eigenvalue weighted by atomic mass is 10.0. The van der Waals surface area contributed by atoms with Crippen molar-refractivity contribution in [3.05, 3.63) is 30.0 Å². The summed E-state index contributed by atoms with van der Waals surface area (Å²) in [5.74, 6) is 0. The minimum absolute atomic E-state index is 0.00534. The Morgan fingerprint density at radius 3 is 3.11 bits per heavy atom. The van der Waals surface area contributed by atoms with Crippen LogP contribution >= 0.6 is 0 Å². The van der Waals surface area contributed by atoms with Gasteiger partial charge in [-0.3, -0.25) is 4.68 Å². The smallest absolute Gasteiger partial charge is 0.121 e. The lowest BCUT2D eigenvalue weighted by Crippen LogP contribution is -2.33. The van der Waals surface area contributed by atoms with E-state index in [2.05, 4.69) is 10.4 Å². The lowest BCUT2D eigenvalue weighted by Gasteiger charge is -2.14. The van der Waals surface area contributed by atoms with Crippen LogP contribution in [-0.4, -0.2) is 28.5 Å². The monoisotopic (exact) mass is 247 g/mol. The molecule has 0 bridgehead atoms. The molecule has 3 nitrogen and oxygen atoms in total. The van der Waals surface area contributed by atoms with E-state index in [0.29, 0.717) is 6.42 Å². The van der Waals surface area contributed by atoms with Crippen molar-refractivity contribution >= 4 is 10.9 Å². The highest BCUT2D eigenvalue weighted by atomic mass is 19.1. The molecule has 0 amide bonds. The van der Waals surface area contributed by atoms with Gasteiger partial charge in [-0.1, -0.05) is 18.2 Å². The van der Waals surface area contributed by atoms with Crippen LogP contribution in [0.3, 0.4) is 0 Å². The van der Waals surface area contributed by atoms with Gasteiger partial charge in [0.1, 0.15) is 6.17 Å². The summed E-state index contributed by atoms with van der Waals surface area (Å²) in [7, 11) is 1.91. The number of aromatic nitrogens is 2. The first-order valence-corrected chi connectivity index (χ1v) is 6.54. The molecule has 0 aliphatic carbocycles. The molecule has 1 aliphatic heterocycles. The zero-order valence-corrected chi connectivity index (χ0v) is 10.6. The summed E-state index contributed by atoms with van der Waals surface area (Å²) in [6.07, 6.45) is 1.57. The Morgan fingerprint density at radius 1 is 1.50 bits per heavy atom. The fraction of sp³-hybridized carbons (Fsp3) is 0.500. The highest BCUT2D eigenvalue weighted by Gasteiger charge is 2.25. The van der Waals surface area contributed by atoms with E-state index >= 15 is 0 Å². The molecule has 0 saturated carbocycles. The van der Waals surface area contributed by atoms with Crippen LogP contribution in [0.15, 0.2) is 24.3 Å². The van der Waals surface area contributed by atoms with Crippen LogP contribution < -0.4 is 5.32 Å². The van der Waals surface area contributed by atoms with E-state index in [4.69, 9.17) is 0 Å². The molecule has 2 heterocycles. The van der Waals surface area contributed by atoms with Crippen LogP contribution in [0, 0.1) is 0 Å². The average molecular weight is 247 g/mol. The maximum atomic E-state index is 14.2. The Balaban J connectivity index is 1.86. The summed E-state index contributed by atoms with van der Waals surface area (Å²) in [5.41, 5.74) is 1.94. The normalized spacial score (nSPS) is 21.6. The largest absolute Gasteiger partial charge is 0.311 e. The van der Waals surface area contributed by atoms with Crippen molar-refractivity contribution in [3.8, 4) is 0 Å². The number of hydrogen-bond donors (Lipinski definition) is 1. The van der Waals surface area contributed by atoms with Gasteiger partial charge in [0.25, 0.3) is 0 Å². The number of halogens is 1. The molecule has 1 saturated heterocycles. The highest BCUT2D eigenvalue weighted by Crippen LogP contribution is 2.22. The Bertz CT molecular complexity index is 543. The second-order valence-corrected chi connectivity index (χ2v) is 5.01. The van der Waals surface area contributed by atoms with Gasteiger partial charge in [-0.2, -0.15) is 5.10 Å². The lowest BCUT2D eigenvalue weighted by molar-refractivity contribution is 0.262. The molecule has 1 aliphatic rings. The van der Waals surface area contributed by atoms with Gasteiger partial charge < -0.3 is 5.32 Å². The Hall–Kier alpha value is -1.42. The highest BCUT2D eigenvalue weighted by molar-refractivity contribution is 5.81. The van der Waals surface area contributed by atoms with Gasteiger partial charge in [-0.25, -0.2) is 4.39 Å².